The molecule has 12 heavy (non-hydrogen) atoms. The topological polar surface area (TPSA) is 87.0 Å². The van der Waals surface area contributed by atoms with Gasteiger partial charge in [-0.1, -0.05) is 0 Å². The van der Waals surface area contributed by atoms with Gasteiger partial charge in [-0.25, -0.2) is 4.57 Å². The van der Waals surface area contributed by atoms with Crippen molar-refractivity contribution in [3.63, 3.8) is 0 Å². The maximum absolute atomic E-state index is 9.70. The summed E-state index contributed by atoms with van der Waals surface area (Å²) in [6, 6.07) is 0.00606. The minimum atomic E-state index is -3.85. The Labute approximate surface area is 95.7 Å². The number of hydrogen-bond acceptors (Lipinski definition) is 5. The van der Waals surface area contributed by atoms with Crippen LogP contribution in [0, 0.1) is 0 Å². The average molecular weight is 222 g/mol. The van der Waals surface area contributed by atoms with E-state index in [1.807, 2.05) is 0 Å². The van der Waals surface area contributed by atoms with E-state index in [0.29, 0.717) is 19.4 Å². The summed E-state index contributed by atoms with van der Waals surface area (Å²) in [6.45, 7) is 0.301. The quantitative estimate of drug-likeness (QED) is 0.313. The van der Waals surface area contributed by atoms with Gasteiger partial charge in [-0.05, 0) is 12.8 Å². The fourth-order valence-corrected chi connectivity index (χ4v) is 1.49. The first kappa shape index (κ1) is 15.6. The third-order valence-corrected chi connectivity index (χ3v) is 2.36. The van der Waals surface area contributed by atoms with Crippen LogP contribution in [0.25, 0.3) is 0 Å². The fraction of sp³-hybridized carbons (Fsp3) is 1.00. The van der Waals surface area contributed by atoms with Gasteiger partial charge in [0.15, 0.2) is 0 Å². The first-order valence-corrected chi connectivity index (χ1v) is 5.96. The van der Waals surface area contributed by atoms with Crippen LogP contribution >= 0.6 is 8.69 Å². The van der Waals surface area contributed by atoms with Crippen molar-refractivity contribution in [2.75, 3.05) is 6.61 Å². The number of unbranched alkanes of at least 4 members (excludes halogenated alkanes) is 1. The molecule has 0 saturated carbocycles. The van der Waals surface area contributed by atoms with Crippen molar-refractivity contribution in [1.82, 2.24) is 0 Å². The molecule has 0 heterocycles. The third-order valence-electron chi connectivity index (χ3n) is 1.05. The summed E-state index contributed by atoms with van der Waals surface area (Å²) in [6.07, 6.45) is 1.02. The van der Waals surface area contributed by atoms with Crippen LogP contribution in [0.1, 0.15) is 12.8 Å². The van der Waals surface area contributed by atoms with E-state index in [1.54, 1.807) is 0 Å². The summed E-state index contributed by atoms with van der Waals surface area (Å²) in [5.41, 5.74) is 0. The Bertz CT molecular complexity index is 119. The Balaban J connectivity index is 0. The van der Waals surface area contributed by atoms with Gasteiger partial charge in [0.05, 0.1) is 6.61 Å². The maximum atomic E-state index is 9.70. The molecule has 0 atom stereocenters. The molecule has 0 aliphatic heterocycles. The summed E-state index contributed by atoms with van der Waals surface area (Å²) in [5, 5.41) is 0. The zero-order valence-electron chi connectivity index (χ0n) is 5.93. The Hall–Kier alpha value is 1.16. The van der Waals surface area contributed by atoms with Gasteiger partial charge in [0.25, 0.3) is 0 Å². The van der Waals surface area contributed by atoms with Crippen molar-refractivity contribution in [3.8, 4) is 0 Å². The summed E-state index contributed by atoms with van der Waals surface area (Å²) in [7, 11) is -4.22. The molecule has 0 aromatic heterocycles. The molecule has 0 unspecified atom stereocenters. The average Bonchev–Trinajstić information content (AvgIpc) is 1.85. The molecular weight excluding hydrogens is 210 g/mol. The van der Waals surface area contributed by atoms with Crippen molar-refractivity contribution < 1.29 is 23.5 Å². The molecule has 0 saturated heterocycles. The van der Waals surface area contributed by atoms with E-state index >= 15 is 0 Å². The zero-order chi connectivity index (χ0) is 8.74. The third kappa shape index (κ3) is 13.7. The van der Waals surface area contributed by atoms with Crippen LogP contribution in [0.3, 0.4) is 0 Å². The molecule has 0 bridgehead atoms. The summed E-state index contributed by atoms with van der Waals surface area (Å²) >= 11 is 0. The van der Waals surface area contributed by atoms with Gasteiger partial charge in [-0.15, -0.1) is 0 Å². The van der Waals surface area contributed by atoms with Crippen molar-refractivity contribution in [2.45, 2.75) is 18.9 Å². The SMILES string of the molecule is O=POCCCC[Si](O)(O)O.[NaH]. The predicted molar refractivity (Wildman–Crippen MR) is 47.2 cm³/mol. The molecule has 3 N–H and O–H groups in total. The molecule has 0 aromatic carbocycles. The molecular formula is C4H12NaO5PSi. The van der Waals surface area contributed by atoms with Crippen LogP contribution in [0.2, 0.25) is 6.04 Å². The predicted octanol–water partition coefficient (Wildman–Crippen LogP) is -0.743. The zero-order valence-corrected chi connectivity index (χ0v) is 7.83. The molecule has 68 valence electrons. The van der Waals surface area contributed by atoms with Gasteiger partial charge in [0, 0.05) is 6.04 Å². The second kappa shape index (κ2) is 8.74. The van der Waals surface area contributed by atoms with E-state index in [-0.39, 0.29) is 44.3 Å². The summed E-state index contributed by atoms with van der Waals surface area (Å²) in [4.78, 5) is 25.6. The van der Waals surface area contributed by atoms with Crippen LogP contribution in [0.5, 0.6) is 0 Å². The van der Waals surface area contributed by atoms with Gasteiger partial charge in [-0.3, -0.25) is 4.52 Å². The van der Waals surface area contributed by atoms with E-state index in [4.69, 9.17) is 14.4 Å². The molecule has 0 aliphatic rings. The normalized spacial score (nSPS) is 11.2. The second-order valence-electron chi connectivity index (χ2n) is 2.14. The van der Waals surface area contributed by atoms with E-state index in [9.17, 15) is 4.57 Å². The molecule has 0 spiro atoms. The molecule has 0 amide bonds. The molecule has 8 heteroatoms. The van der Waals surface area contributed by atoms with E-state index in [0.717, 1.165) is 0 Å². The van der Waals surface area contributed by atoms with Crippen molar-refractivity contribution >= 4 is 47.0 Å². The molecule has 5 nitrogen and oxygen atoms in total. The van der Waals surface area contributed by atoms with Crippen LogP contribution < -0.4 is 0 Å². The molecule has 0 fully saturated rings. The first-order valence-electron chi connectivity index (χ1n) is 3.18. The van der Waals surface area contributed by atoms with Crippen LogP contribution in [-0.4, -0.2) is 59.4 Å². The number of hydrogen-bond donors (Lipinski definition) is 3. The molecule has 0 radical (unpaired) electrons. The van der Waals surface area contributed by atoms with Gasteiger partial charge in [-0.2, -0.15) is 0 Å². The van der Waals surface area contributed by atoms with E-state index < -0.39 is 8.80 Å². The van der Waals surface area contributed by atoms with E-state index in [2.05, 4.69) is 4.52 Å². The fourth-order valence-electron chi connectivity index (χ4n) is 0.566. The van der Waals surface area contributed by atoms with Gasteiger partial charge >= 0.3 is 47.0 Å². The standard InChI is InChI=1S/C4H11O5PSi.Na.H/c5-10-9-3-1-2-4-11(6,7)8;;/h6-8H,1-4H2;;. The summed E-state index contributed by atoms with van der Waals surface area (Å²) in [5.74, 6) is 0. The Morgan fingerprint density at radius 1 is 1.25 bits per heavy atom. The Morgan fingerprint density at radius 2 is 1.83 bits per heavy atom. The van der Waals surface area contributed by atoms with Crippen LogP contribution in [0.15, 0.2) is 0 Å². The van der Waals surface area contributed by atoms with Gasteiger partial charge in [0.2, 0.25) is 0 Å². The summed E-state index contributed by atoms with van der Waals surface area (Å²) < 4.78 is 14.1. The first-order chi connectivity index (χ1) is 5.06. The van der Waals surface area contributed by atoms with Crippen LogP contribution in [-0.2, 0) is 9.09 Å². The second-order valence-corrected chi connectivity index (χ2v) is 4.60. The van der Waals surface area contributed by atoms with Crippen LogP contribution in [0.4, 0.5) is 0 Å². The Kier molecular flexibility index (Phi) is 11.4. The molecule has 0 aromatic rings. The van der Waals surface area contributed by atoms with Gasteiger partial charge in [0.1, 0.15) is 0 Å². The minimum absolute atomic E-state index is 0. The molecule has 0 rings (SSSR count). The molecule has 0 aliphatic carbocycles. The van der Waals surface area contributed by atoms with Crippen molar-refractivity contribution in [1.29, 1.82) is 0 Å². The van der Waals surface area contributed by atoms with Crippen molar-refractivity contribution in [2.24, 2.45) is 0 Å². The number of rotatable bonds is 6. The Morgan fingerprint density at radius 3 is 2.25 bits per heavy atom. The monoisotopic (exact) mass is 222 g/mol. The van der Waals surface area contributed by atoms with Crippen molar-refractivity contribution in [3.05, 3.63) is 0 Å². The van der Waals surface area contributed by atoms with E-state index in [1.165, 1.54) is 0 Å². The van der Waals surface area contributed by atoms with Gasteiger partial charge < -0.3 is 14.4 Å².